The minimum atomic E-state index is -0.907. The molecule has 3 saturated heterocycles. The van der Waals surface area contributed by atoms with Crippen LogP contribution >= 0.6 is 0 Å². The quantitative estimate of drug-likeness (QED) is 0.742. The topological polar surface area (TPSA) is 32.8 Å². The first-order valence-corrected chi connectivity index (χ1v) is 10.7. The number of carbonyl (C=O) groups is 1. The molecule has 4 aliphatic heterocycles. The first kappa shape index (κ1) is 19.5. The van der Waals surface area contributed by atoms with Crippen molar-refractivity contribution in [3.05, 3.63) is 70.8 Å². The van der Waals surface area contributed by atoms with E-state index in [1.165, 1.54) is 6.07 Å². The van der Waals surface area contributed by atoms with E-state index in [1.54, 1.807) is 11.0 Å². The fourth-order valence-electron chi connectivity index (χ4n) is 5.24. The van der Waals surface area contributed by atoms with Gasteiger partial charge in [-0.05, 0) is 62.5 Å². The van der Waals surface area contributed by atoms with Crippen LogP contribution in [-0.4, -0.2) is 48.7 Å². The Kier molecular flexibility index (Phi) is 4.97. The Labute approximate surface area is 175 Å². The van der Waals surface area contributed by atoms with Crippen molar-refractivity contribution in [1.82, 2.24) is 9.80 Å². The number of carbonyl (C=O) groups excluding carboxylic acids is 1. The van der Waals surface area contributed by atoms with Crippen LogP contribution in [0.5, 0.6) is 0 Å². The molecule has 2 aromatic rings. The average molecular weight is 412 g/mol. The van der Waals surface area contributed by atoms with Crippen LogP contribution in [0, 0.1) is 17.0 Å². The van der Waals surface area contributed by atoms with Crippen LogP contribution in [0.25, 0.3) is 0 Å². The number of amides is 1. The van der Waals surface area contributed by atoms with Crippen LogP contribution in [0.1, 0.15) is 42.0 Å². The molecular formula is C24H26F2N2O2. The van der Waals surface area contributed by atoms with E-state index in [4.69, 9.17) is 4.74 Å². The first-order chi connectivity index (χ1) is 14.6. The highest BCUT2D eigenvalue weighted by Gasteiger charge is 2.41. The van der Waals surface area contributed by atoms with E-state index in [0.717, 1.165) is 56.1 Å². The van der Waals surface area contributed by atoms with E-state index in [2.05, 4.69) is 4.90 Å². The molecule has 4 aliphatic rings. The Bertz CT molecular complexity index is 942. The van der Waals surface area contributed by atoms with Gasteiger partial charge in [-0.15, -0.1) is 0 Å². The van der Waals surface area contributed by atoms with E-state index >= 15 is 0 Å². The third-order valence-electron chi connectivity index (χ3n) is 7.17. The number of benzene rings is 2. The van der Waals surface area contributed by atoms with Gasteiger partial charge in [-0.3, -0.25) is 4.90 Å². The van der Waals surface area contributed by atoms with Crippen molar-refractivity contribution in [1.29, 1.82) is 0 Å². The molecule has 6 heteroatoms. The summed E-state index contributed by atoms with van der Waals surface area (Å²) in [5.74, 6) is -1.81. The zero-order chi connectivity index (χ0) is 20.7. The van der Waals surface area contributed by atoms with Gasteiger partial charge in [0.05, 0.1) is 12.6 Å². The Hall–Kier alpha value is -2.47. The van der Waals surface area contributed by atoms with Gasteiger partial charge in [-0.25, -0.2) is 13.6 Å². The van der Waals surface area contributed by atoms with Gasteiger partial charge in [-0.2, -0.15) is 0 Å². The SMILES string of the molecule is O=C(OCC12CCN(CC1)CC2)N1CCc2ccccc2C1c1cccc(F)c1F. The summed E-state index contributed by atoms with van der Waals surface area (Å²) in [6.45, 7) is 4.00. The summed E-state index contributed by atoms with van der Waals surface area (Å²) in [5, 5.41) is 0. The molecule has 30 heavy (non-hydrogen) atoms. The summed E-state index contributed by atoms with van der Waals surface area (Å²) >= 11 is 0. The average Bonchev–Trinajstić information content (AvgIpc) is 2.80. The monoisotopic (exact) mass is 412 g/mol. The van der Waals surface area contributed by atoms with Crippen molar-refractivity contribution in [3.8, 4) is 0 Å². The van der Waals surface area contributed by atoms with Crippen molar-refractivity contribution in [2.24, 2.45) is 5.41 Å². The van der Waals surface area contributed by atoms with Crippen LogP contribution in [-0.2, 0) is 11.2 Å². The standard InChI is InChI=1S/C24H26F2N2O2/c25-20-7-3-6-19(21(20)26)22-18-5-2-1-4-17(18)8-12-28(22)23(29)30-16-24-9-13-27(14-10-24)15-11-24/h1-7,22H,8-16H2. The second-order valence-electron chi connectivity index (χ2n) is 8.83. The minimum Gasteiger partial charge on any atom is -0.449 e. The molecule has 1 unspecified atom stereocenters. The minimum absolute atomic E-state index is 0.0672. The van der Waals surface area contributed by atoms with Gasteiger partial charge in [0, 0.05) is 17.5 Å². The molecule has 0 saturated carbocycles. The lowest BCUT2D eigenvalue weighted by Gasteiger charge is -2.48. The molecule has 0 aliphatic carbocycles. The molecule has 2 aromatic carbocycles. The Morgan fingerprint density at radius 3 is 2.43 bits per heavy atom. The van der Waals surface area contributed by atoms with Crippen LogP contribution in [0.4, 0.5) is 13.6 Å². The van der Waals surface area contributed by atoms with E-state index in [1.807, 2.05) is 24.3 Å². The Balaban J connectivity index is 1.42. The van der Waals surface area contributed by atoms with Gasteiger partial charge in [0.15, 0.2) is 11.6 Å². The lowest BCUT2D eigenvalue weighted by Crippen LogP contribution is -2.51. The maximum Gasteiger partial charge on any atom is 0.410 e. The first-order valence-electron chi connectivity index (χ1n) is 10.7. The molecule has 3 fully saturated rings. The third-order valence-corrected chi connectivity index (χ3v) is 7.17. The fourth-order valence-corrected chi connectivity index (χ4v) is 5.24. The Morgan fingerprint density at radius 1 is 0.967 bits per heavy atom. The van der Waals surface area contributed by atoms with Crippen molar-refractivity contribution >= 4 is 6.09 Å². The predicted molar refractivity (Wildman–Crippen MR) is 109 cm³/mol. The second kappa shape index (κ2) is 7.65. The van der Waals surface area contributed by atoms with Crippen molar-refractivity contribution < 1.29 is 18.3 Å². The van der Waals surface area contributed by atoms with Gasteiger partial charge >= 0.3 is 6.09 Å². The molecule has 4 nitrogen and oxygen atoms in total. The number of fused-ring (bicyclic) bond motifs is 4. The number of hydrogen-bond donors (Lipinski definition) is 0. The lowest BCUT2D eigenvalue weighted by molar-refractivity contribution is -0.0301. The number of piperidine rings is 3. The van der Waals surface area contributed by atoms with Crippen LogP contribution in [0.15, 0.2) is 42.5 Å². The molecule has 0 radical (unpaired) electrons. The van der Waals surface area contributed by atoms with Gasteiger partial charge in [-0.1, -0.05) is 36.4 Å². The smallest absolute Gasteiger partial charge is 0.410 e. The zero-order valence-electron chi connectivity index (χ0n) is 16.9. The molecule has 2 bridgehead atoms. The van der Waals surface area contributed by atoms with Crippen LogP contribution < -0.4 is 0 Å². The molecule has 0 aromatic heterocycles. The van der Waals surface area contributed by atoms with E-state index < -0.39 is 23.8 Å². The van der Waals surface area contributed by atoms with Crippen LogP contribution in [0.3, 0.4) is 0 Å². The molecule has 158 valence electrons. The summed E-state index contributed by atoms with van der Waals surface area (Å²) in [6, 6.07) is 11.1. The summed E-state index contributed by atoms with van der Waals surface area (Å²) in [6.07, 6.45) is 3.36. The highest BCUT2D eigenvalue weighted by Crippen LogP contribution is 2.41. The van der Waals surface area contributed by atoms with Gasteiger partial charge in [0.2, 0.25) is 0 Å². The Morgan fingerprint density at radius 2 is 1.67 bits per heavy atom. The molecule has 4 heterocycles. The van der Waals surface area contributed by atoms with Crippen LogP contribution in [0.2, 0.25) is 0 Å². The van der Waals surface area contributed by atoms with Gasteiger partial charge < -0.3 is 9.64 Å². The molecule has 0 N–H and O–H groups in total. The molecule has 1 atom stereocenters. The van der Waals surface area contributed by atoms with Crippen molar-refractivity contribution in [3.63, 3.8) is 0 Å². The summed E-state index contributed by atoms with van der Waals surface area (Å²) in [7, 11) is 0. The van der Waals surface area contributed by atoms with E-state index in [-0.39, 0.29) is 11.0 Å². The number of rotatable bonds is 3. The highest BCUT2D eigenvalue weighted by atomic mass is 19.2. The van der Waals surface area contributed by atoms with Crippen molar-refractivity contribution in [2.75, 3.05) is 32.8 Å². The summed E-state index contributed by atoms with van der Waals surface area (Å²) in [5.41, 5.74) is 2.11. The maximum absolute atomic E-state index is 14.8. The molecule has 1 amide bonds. The number of halogens is 2. The fraction of sp³-hybridized carbons (Fsp3) is 0.458. The second-order valence-corrected chi connectivity index (χ2v) is 8.83. The summed E-state index contributed by atoms with van der Waals surface area (Å²) < 4.78 is 34.6. The molecule has 6 rings (SSSR count). The number of hydrogen-bond acceptors (Lipinski definition) is 3. The largest absolute Gasteiger partial charge is 0.449 e. The van der Waals surface area contributed by atoms with Gasteiger partial charge in [0.1, 0.15) is 0 Å². The lowest BCUT2D eigenvalue weighted by atomic mass is 9.73. The normalized spacial score (nSPS) is 27.6. The van der Waals surface area contributed by atoms with E-state index in [0.29, 0.717) is 19.6 Å². The summed E-state index contributed by atoms with van der Waals surface area (Å²) in [4.78, 5) is 17.2. The number of nitrogens with zero attached hydrogens (tertiary/aromatic N) is 2. The predicted octanol–water partition coefficient (Wildman–Crippen LogP) is 4.53. The zero-order valence-corrected chi connectivity index (χ0v) is 16.9. The van der Waals surface area contributed by atoms with E-state index in [9.17, 15) is 13.6 Å². The number of ether oxygens (including phenoxy) is 1. The maximum atomic E-state index is 14.8. The van der Waals surface area contributed by atoms with Gasteiger partial charge in [0.25, 0.3) is 0 Å². The molecule has 0 spiro atoms. The third kappa shape index (κ3) is 3.37. The van der Waals surface area contributed by atoms with Crippen molar-refractivity contribution in [2.45, 2.75) is 31.7 Å². The molecular weight excluding hydrogens is 386 g/mol. The highest BCUT2D eigenvalue weighted by molar-refractivity contribution is 5.70.